The molecule has 1 aromatic carbocycles. The van der Waals surface area contributed by atoms with E-state index in [0.717, 1.165) is 22.8 Å². The molecule has 0 aliphatic carbocycles. The van der Waals surface area contributed by atoms with E-state index in [-0.39, 0.29) is 19.6 Å². The van der Waals surface area contributed by atoms with Crippen molar-refractivity contribution >= 4 is 5.91 Å². The number of benzene rings is 1. The number of aromatic nitrogens is 2. The van der Waals surface area contributed by atoms with E-state index in [1.807, 2.05) is 4.90 Å². The van der Waals surface area contributed by atoms with Crippen LogP contribution in [0.5, 0.6) is 0 Å². The fourth-order valence-electron chi connectivity index (χ4n) is 2.49. The van der Waals surface area contributed by atoms with Gasteiger partial charge < -0.3 is 9.80 Å². The number of amides is 1. The van der Waals surface area contributed by atoms with Crippen LogP contribution in [0.4, 0.5) is 13.2 Å². The van der Waals surface area contributed by atoms with Gasteiger partial charge in [0.05, 0.1) is 5.56 Å². The van der Waals surface area contributed by atoms with Gasteiger partial charge in [0.2, 0.25) is 5.91 Å². The summed E-state index contributed by atoms with van der Waals surface area (Å²) in [6, 6.07) is 5.89. The summed E-state index contributed by atoms with van der Waals surface area (Å²) in [5, 5.41) is 0. The van der Waals surface area contributed by atoms with Gasteiger partial charge in [-0.1, -0.05) is 12.1 Å². The number of halogens is 3. The highest BCUT2D eigenvalue weighted by atomic mass is 19.4. The van der Waals surface area contributed by atoms with Gasteiger partial charge in [0.1, 0.15) is 6.54 Å². The van der Waals surface area contributed by atoms with Crippen LogP contribution >= 0.6 is 0 Å². The maximum Gasteiger partial charge on any atom is 0.416 e. The number of hydrogen-bond donors (Lipinski definition) is 1. The van der Waals surface area contributed by atoms with Gasteiger partial charge in [0, 0.05) is 31.9 Å². The zero-order valence-electron chi connectivity index (χ0n) is 15.5. The molecular formula is C18H21F3N4O3. The van der Waals surface area contributed by atoms with Crippen LogP contribution in [0, 0.1) is 0 Å². The molecule has 2 rings (SSSR count). The molecule has 0 aliphatic rings. The third-order valence-corrected chi connectivity index (χ3v) is 4.00. The lowest BCUT2D eigenvalue weighted by molar-refractivity contribution is -0.137. The van der Waals surface area contributed by atoms with E-state index in [4.69, 9.17) is 0 Å². The number of aromatic amines is 1. The van der Waals surface area contributed by atoms with Crippen molar-refractivity contribution in [3.05, 3.63) is 68.5 Å². The second-order valence-corrected chi connectivity index (χ2v) is 6.55. The molecule has 152 valence electrons. The Balaban J connectivity index is 2.22. The quantitative estimate of drug-likeness (QED) is 0.759. The van der Waals surface area contributed by atoms with Crippen LogP contribution in [0.3, 0.4) is 0 Å². The van der Waals surface area contributed by atoms with Crippen molar-refractivity contribution in [1.29, 1.82) is 0 Å². The summed E-state index contributed by atoms with van der Waals surface area (Å²) in [7, 11) is 3.61. The van der Waals surface area contributed by atoms with Crippen molar-refractivity contribution in [3.63, 3.8) is 0 Å². The topological polar surface area (TPSA) is 78.4 Å². The predicted molar refractivity (Wildman–Crippen MR) is 96.7 cm³/mol. The zero-order chi connectivity index (χ0) is 20.9. The van der Waals surface area contributed by atoms with Crippen molar-refractivity contribution < 1.29 is 18.0 Å². The van der Waals surface area contributed by atoms with E-state index >= 15 is 0 Å². The van der Waals surface area contributed by atoms with Crippen molar-refractivity contribution in [3.8, 4) is 0 Å². The molecule has 10 heteroatoms. The molecular weight excluding hydrogens is 377 g/mol. The van der Waals surface area contributed by atoms with Crippen LogP contribution in [-0.2, 0) is 24.1 Å². The van der Waals surface area contributed by atoms with E-state index in [9.17, 15) is 27.6 Å². The van der Waals surface area contributed by atoms with Gasteiger partial charge in [-0.25, -0.2) is 4.79 Å². The first-order valence-corrected chi connectivity index (χ1v) is 8.44. The second kappa shape index (κ2) is 8.87. The van der Waals surface area contributed by atoms with Crippen LogP contribution in [0.25, 0.3) is 0 Å². The normalized spacial score (nSPS) is 11.6. The second-order valence-electron chi connectivity index (χ2n) is 6.55. The zero-order valence-corrected chi connectivity index (χ0v) is 15.5. The summed E-state index contributed by atoms with van der Waals surface area (Å²) in [6.45, 7) is 0.391. The van der Waals surface area contributed by atoms with Gasteiger partial charge >= 0.3 is 11.9 Å². The van der Waals surface area contributed by atoms with Crippen molar-refractivity contribution in [2.24, 2.45) is 0 Å². The lowest BCUT2D eigenvalue weighted by Gasteiger charge is -2.25. The van der Waals surface area contributed by atoms with Gasteiger partial charge in [0.25, 0.3) is 5.56 Å². The molecule has 2 aromatic rings. The first kappa shape index (κ1) is 21.4. The molecule has 0 saturated carbocycles. The van der Waals surface area contributed by atoms with Gasteiger partial charge in [-0.15, -0.1) is 0 Å². The molecule has 1 N–H and O–H groups in total. The van der Waals surface area contributed by atoms with E-state index in [1.165, 1.54) is 23.2 Å². The largest absolute Gasteiger partial charge is 0.416 e. The van der Waals surface area contributed by atoms with E-state index < -0.39 is 28.9 Å². The highest BCUT2D eigenvalue weighted by molar-refractivity contribution is 5.76. The molecule has 0 fully saturated rings. The van der Waals surface area contributed by atoms with Gasteiger partial charge in [-0.05, 0) is 31.8 Å². The third-order valence-electron chi connectivity index (χ3n) is 4.00. The smallest absolute Gasteiger partial charge is 0.336 e. The SMILES string of the molecule is CN(C)CCN(Cc1cccc(C(F)(F)F)c1)C(=O)Cn1ccc(=O)[nH]c1=O. The Hall–Kier alpha value is -2.88. The first-order chi connectivity index (χ1) is 13.1. The highest BCUT2D eigenvalue weighted by Crippen LogP contribution is 2.29. The Morgan fingerprint density at radius 2 is 1.86 bits per heavy atom. The average molecular weight is 398 g/mol. The summed E-state index contributed by atoms with van der Waals surface area (Å²) in [5.41, 5.74) is -1.77. The number of rotatable bonds is 7. The Morgan fingerprint density at radius 3 is 2.46 bits per heavy atom. The summed E-state index contributed by atoms with van der Waals surface area (Å²) in [5.74, 6) is -0.451. The molecule has 1 heterocycles. The van der Waals surface area contributed by atoms with Gasteiger partial charge in [-0.3, -0.25) is 19.1 Å². The molecule has 0 unspecified atom stereocenters. The Labute approximate surface area is 159 Å². The van der Waals surface area contributed by atoms with Crippen molar-refractivity contribution in [1.82, 2.24) is 19.4 Å². The van der Waals surface area contributed by atoms with Crippen LogP contribution < -0.4 is 11.2 Å². The number of carbonyl (C=O) groups excluding carboxylic acids is 1. The maximum absolute atomic E-state index is 12.9. The number of nitrogens with one attached hydrogen (secondary N) is 1. The molecule has 0 atom stereocenters. The lowest BCUT2D eigenvalue weighted by atomic mass is 10.1. The first-order valence-electron chi connectivity index (χ1n) is 8.44. The molecule has 0 aliphatic heterocycles. The molecule has 28 heavy (non-hydrogen) atoms. The minimum atomic E-state index is -4.47. The fourth-order valence-corrected chi connectivity index (χ4v) is 2.49. The van der Waals surface area contributed by atoms with E-state index in [1.54, 1.807) is 14.1 Å². The summed E-state index contributed by atoms with van der Waals surface area (Å²) < 4.78 is 39.8. The van der Waals surface area contributed by atoms with Crippen LogP contribution in [0.1, 0.15) is 11.1 Å². The minimum absolute atomic E-state index is 0.0330. The minimum Gasteiger partial charge on any atom is -0.336 e. The monoisotopic (exact) mass is 398 g/mol. The molecule has 0 saturated heterocycles. The van der Waals surface area contributed by atoms with Crippen molar-refractivity contribution in [2.45, 2.75) is 19.3 Å². The number of nitrogens with zero attached hydrogens (tertiary/aromatic N) is 3. The Morgan fingerprint density at radius 1 is 1.14 bits per heavy atom. The van der Waals surface area contributed by atoms with Gasteiger partial charge in [0.15, 0.2) is 0 Å². The molecule has 7 nitrogen and oxygen atoms in total. The average Bonchev–Trinajstić information content (AvgIpc) is 2.60. The predicted octanol–water partition coefficient (Wildman–Crippen LogP) is 1.15. The summed E-state index contributed by atoms with van der Waals surface area (Å²) >= 11 is 0. The van der Waals surface area contributed by atoms with E-state index in [2.05, 4.69) is 4.98 Å². The fraction of sp³-hybridized carbons (Fsp3) is 0.389. The number of likely N-dealkylation sites (N-methyl/N-ethyl adjacent to an activating group) is 1. The van der Waals surface area contributed by atoms with Crippen molar-refractivity contribution in [2.75, 3.05) is 27.2 Å². The third kappa shape index (κ3) is 6.08. The molecule has 1 aromatic heterocycles. The summed E-state index contributed by atoms with van der Waals surface area (Å²) in [6.07, 6.45) is -3.27. The van der Waals surface area contributed by atoms with Crippen LogP contribution in [-0.4, -0.2) is 52.4 Å². The maximum atomic E-state index is 12.9. The Bertz CT molecular complexity index is 934. The number of carbonyl (C=O) groups is 1. The number of alkyl halides is 3. The molecule has 0 spiro atoms. The standard InChI is InChI=1S/C18H21F3N4O3/c1-23(2)8-9-24(11-13-4-3-5-14(10-13)18(19,20)21)16(27)12-25-7-6-15(26)22-17(25)28/h3-7,10H,8-9,11-12H2,1-2H3,(H,22,26,28). The summed E-state index contributed by atoms with van der Waals surface area (Å²) in [4.78, 5) is 40.9. The molecule has 0 radical (unpaired) electrons. The van der Waals surface area contributed by atoms with Gasteiger partial charge in [-0.2, -0.15) is 13.2 Å². The number of hydrogen-bond acceptors (Lipinski definition) is 4. The number of H-pyrrole nitrogens is 1. The Kier molecular flexibility index (Phi) is 6.79. The molecule has 1 amide bonds. The highest BCUT2D eigenvalue weighted by Gasteiger charge is 2.30. The lowest BCUT2D eigenvalue weighted by Crippen LogP contribution is -2.40. The van der Waals surface area contributed by atoms with Crippen LogP contribution in [0.15, 0.2) is 46.1 Å². The van der Waals surface area contributed by atoms with E-state index in [0.29, 0.717) is 12.1 Å². The molecule has 0 bridgehead atoms. The van der Waals surface area contributed by atoms with Crippen LogP contribution in [0.2, 0.25) is 0 Å².